The molecule has 104 valence electrons. The number of benzene rings is 2. The van der Waals surface area contributed by atoms with E-state index in [4.69, 9.17) is 9.84 Å². The molecule has 0 aromatic heterocycles. The second kappa shape index (κ2) is 6.35. The molecule has 0 aliphatic rings. The first-order valence-corrected chi connectivity index (χ1v) is 6.52. The smallest absolute Gasteiger partial charge is 0.335 e. The average Bonchev–Trinajstić information content (AvgIpc) is 2.42. The van der Waals surface area contributed by atoms with E-state index >= 15 is 0 Å². The fourth-order valence-corrected chi connectivity index (χ4v) is 2.03. The largest absolute Gasteiger partial charge is 0.478 e. The fraction of sp³-hybridized carbons (Fsp3) is 0.235. The fourth-order valence-electron chi connectivity index (χ4n) is 2.03. The van der Waals surface area contributed by atoms with Gasteiger partial charge >= 0.3 is 5.97 Å². The zero-order valence-corrected chi connectivity index (χ0v) is 11.7. The van der Waals surface area contributed by atoms with Crippen LogP contribution >= 0.6 is 0 Å². The topological polar surface area (TPSA) is 46.5 Å². The number of aromatic carboxylic acids is 1. The van der Waals surface area contributed by atoms with E-state index in [9.17, 15) is 4.79 Å². The van der Waals surface area contributed by atoms with Crippen LogP contribution in [0, 0.1) is 13.8 Å². The normalized spacial score (nSPS) is 10.5. The molecule has 3 heteroatoms. The zero-order valence-electron chi connectivity index (χ0n) is 11.7. The monoisotopic (exact) mass is 270 g/mol. The molecule has 1 N–H and O–H groups in total. The maximum atomic E-state index is 10.7. The Balaban J connectivity index is 1.91. The summed E-state index contributed by atoms with van der Waals surface area (Å²) in [6.07, 6.45) is 0. The van der Waals surface area contributed by atoms with E-state index < -0.39 is 5.97 Å². The van der Waals surface area contributed by atoms with Crippen molar-refractivity contribution in [2.75, 3.05) is 0 Å². The SMILES string of the molecule is Cc1ccc(COCc2ccc(C(=O)O)cc2)c(C)c1. The predicted molar refractivity (Wildman–Crippen MR) is 77.8 cm³/mol. The lowest BCUT2D eigenvalue weighted by molar-refractivity contribution is 0.0696. The van der Waals surface area contributed by atoms with Gasteiger partial charge < -0.3 is 9.84 Å². The van der Waals surface area contributed by atoms with Gasteiger partial charge in [-0.3, -0.25) is 0 Å². The van der Waals surface area contributed by atoms with E-state index in [-0.39, 0.29) is 0 Å². The standard InChI is InChI=1S/C17H18O3/c1-12-3-6-16(13(2)9-12)11-20-10-14-4-7-15(8-5-14)17(18)19/h3-9H,10-11H2,1-2H3,(H,18,19). The van der Waals surface area contributed by atoms with Crippen LogP contribution in [-0.2, 0) is 18.0 Å². The van der Waals surface area contributed by atoms with Gasteiger partial charge in [0, 0.05) is 0 Å². The van der Waals surface area contributed by atoms with Crippen LogP contribution in [0.5, 0.6) is 0 Å². The van der Waals surface area contributed by atoms with Crippen molar-refractivity contribution in [3.8, 4) is 0 Å². The van der Waals surface area contributed by atoms with Gasteiger partial charge in [-0.1, -0.05) is 35.9 Å². The van der Waals surface area contributed by atoms with Crippen molar-refractivity contribution in [3.63, 3.8) is 0 Å². The number of ether oxygens (including phenoxy) is 1. The quantitative estimate of drug-likeness (QED) is 0.900. The molecule has 2 aromatic rings. The summed E-state index contributed by atoms with van der Waals surface area (Å²) < 4.78 is 5.68. The van der Waals surface area contributed by atoms with Crippen molar-refractivity contribution in [1.82, 2.24) is 0 Å². The molecule has 0 fully saturated rings. The molecule has 0 saturated heterocycles. The first-order valence-electron chi connectivity index (χ1n) is 6.52. The van der Waals surface area contributed by atoms with E-state index in [0.29, 0.717) is 18.8 Å². The predicted octanol–water partition coefficient (Wildman–Crippen LogP) is 3.72. The summed E-state index contributed by atoms with van der Waals surface area (Å²) in [5.74, 6) is -0.909. The van der Waals surface area contributed by atoms with Gasteiger partial charge in [-0.05, 0) is 42.7 Å². The summed E-state index contributed by atoms with van der Waals surface area (Å²) >= 11 is 0. The number of carbonyl (C=O) groups is 1. The van der Waals surface area contributed by atoms with Gasteiger partial charge in [0.25, 0.3) is 0 Å². The molecule has 0 spiro atoms. The third kappa shape index (κ3) is 3.68. The number of carboxylic acids is 1. The van der Waals surface area contributed by atoms with Crippen LogP contribution < -0.4 is 0 Å². The molecule has 0 unspecified atom stereocenters. The summed E-state index contributed by atoms with van der Waals surface area (Å²) in [6.45, 7) is 5.19. The molecule has 2 rings (SSSR count). The lowest BCUT2D eigenvalue weighted by Crippen LogP contribution is -1.99. The minimum Gasteiger partial charge on any atom is -0.478 e. The van der Waals surface area contributed by atoms with Crippen LogP contribution in [0.1, 0.15) is 32.6 Å². The third-order valence-electron chi connectivity index (χ3n) is 3.23. The molecule has 20 heavy (non-hydrogen) atoms. The minimum atomic E-state index is -0.909. The van der Waals surface area contributed by atoms with Gasteiger partial charge in [-0.25, -0.2) is 4.79 Å². The van der Waals surface area contributed by atoms with E-state index in [0.717, 1.165) is 5.56 Å². The molecule has 0 aliphatic carbocycles. The van der Waals surface area contributed by atoms with E-state index in [1.807, 2.05) is 0 Å². The van der Waals surface area contributed by atoms with Crippen molar-refractivity contribution < 1.29 is 14.6 Å². The van der Waals surface area contributed by atoms with Gasteiger partial charge in [0.15, 0.2) is 0 Å². The maximum Gasteiger partial charge on any atom is 0.335 e. The Morgan fingerprint density at radius 3 is 2.35 bits per heavy atom. The Morgan fingerprint density at radius 2 is 1.75 bits per heavy atom. The molecule has 0 heterocycles. The molecule has 0 amide bonds. The number of hydrogen-bond acceptors (Lipinski definition) is 2. The molecule has 0 aliphatic heterocycles. The Hall–Kier alpha value is -2.13. The summed E-state index contributed by atoms with van der Waals surface area (Å²) in [7, 11) is 0. The van der Waals surface area contributed by atoms with Crippen molar-refractivity contribution in [2.45, 2.75) is 27.1 Å². The van der Waals surface area contributed by atoms with Crippen molar-refractivity contribution in [2.24, 2.45) is 0 Å². The summed E-state index contributed by atoms with van der Waals surface area (Å²) in [5.41, 5.74) is 4.92. The van der Waals surface area contributed by atoms with Gasteiger partial charge in [0.2, 0.25) is 0 Å². The zero-order chi connectivity index (χ0) is 14.5. The molecule has 0 bridgehead atoms. The van der Waals surface area contributed by atoms with E-state index in [2.05, 4.69) is 32.0 Å². The van der Waals surface area contributed by atoms with Crippen molar-refractivity contribution in [1.29, 1.82) is 0 Å². The third-order valence-corrected chi connectivity index (χ3v) is 3.23. The second-order valence-electron chi connectivity index (χ2n) is 4.92. The second-order valence-corrected chi connectivity index (χ2v) is 4.92. The minimum absolute atomic E-state index is 0.295. The van der Waals surface area contributed by atoms with Crippen LogP contribution in [0.2, 0.25) is 0 Å². The Morgan fingerprint density at radius 1 is 1.05 bits per heavy atom. The Bertz CT molecular complexity index is 600. The lowest BCUT2D eigenvalue weighted by atomic mass is 10.1. The highest BCUT2D eigenvalue weighted by Gasteiger charge is 2.03. The highest BCUT2D eigenvalue weighted by atomic mass is 16.5. The van der Waals surface area contributed by atoms with Gasteiger partial charge in [-0.15, -0.1) is 0 Å². The molecular formula is C17H18O3. The van der Waals surface area contributed by atoms with Gasteiger partial charge in [0.05, 0.1) is 18.8 Å². The van der Waals surface area contributed by atoms with Gasteiger partial charge in [0.1, 0.15) is 0 Å². The maximum absolute atomic E-state index is 10.7. The van der Waals surface area contributed by atoms with Gasteiger partial charge in [-0.2, -0.15) is 0 Å². The summed E-state index contributed by atoms with van der Waals surface area (Å²) in [4.78, 5) is 10.7. The molecular weight excluding hydrogens is 252 g/mol. The van der Waals surface area contributed by atoms with Crippen LogP contribution in [-0.4, -0.2) is 11.1 Å². The van der Waals surface area contributed by atoms with E-state index in [1.165, 1.54) is 16.7 Å². The molecule has 2 aromatic carbocycles. The first kappa shape index (κ1) is 14.3. The first-order chi connectivity index (χ1) is 9.56. The molecule has 0 radical (unpaired) electrons. The molecule has 0 saturated carbocycles. The van der Waals surface area contributed by atoms with Crippen LogP contribution in [0.25, 0.3) is 0 Å². The summed E-state index contributed by atoms with van der Waals surface area (Å²) in [6, 6.07) is 13.1. The highest BCUT2D eigenvalue weighted by Crippen LogP contribution is 2.13. The average molecular weight is 270 g/mol. The highest BCUT2D eigenvalue weighted by molar-refractivity contribution is 5.87. The van der Waals surface area contributed by atoms with Crippen molar-refractivity contribution >= 4 is 5.97 Å². The Labute approximate surface area is 118 Å². The summed E-state index contributed by atoms with van der Waals surface area (Å²) in [5, 5.41) is 8.82. The lowest BCUT2D eigenvalue weighted by Gasteiger charge is -2.08. The van der Waals surface area contributed by atoms with Crippen molar-refractivity contribution in [3.05, 3.63) is 70.3 Å². The van der Waals surface area contributed by atoms with Crippen LogP contribution in [0.3, 0.4) is 0 Å². The van der Waals surface area contributed by atoms with Crippen LogP contribution in [0.4, 0.5) is 0 Å². The van der Waals surface area contributed by atoms with E-state index in [1.54, 1.807) is 24.3 Å². The Kier molecular flexibility index (Phi) is 4.53. The molecule has 0 atom stereocenters. The number of rotatable bonds is 5. The number of carboxylic acid groups (broad SMARTS) is 1. The molecule has 3 nitrogen and oxygen atoms in total. The van der Waals surface area contributed by atoms with Crippen LogP contribution in [0.15, 0.2) is 42.5 Å². The number of hydrogen-bond donors (Lipinski definition) is 1. The number of aryl methyl sites for hydroxylation is 2.